The average molecular weight is 323 g/mol. The van der Waals surface area contributed by atoms with Gasteiger partial charge in [-0.3, -0.25) is 4.79 Å². The molecule has 0 saturated heterocycles. The molecule has 0 spiro atoms. The molecule has 2 aliphatic carbocycles. The van der Waals surface area contributed by atoms with E-state index in [-0.39, 0.29) is 5.92 Å². The molecule has 1 amide bonds. The molecule has 2 aliphatic rings. The number of aryl methyl sites for hydroxylation is 1. The molecule has 0 aliphatic heterocycles. The fourth-order valence-electron chi connectivity index (χ4n) is 4.38. The minimum Gasteiger partial charge on any atom is -0.467 e. The SMILES string of the molecule is O=C([C@H]1CCCc2ccccc21)N(Cc1ccco1)C1CCCC1. The van der Waals surface area contributed by atoms with E-state index in [0.29, 0.717) is 18.5 Å². The molecular weight excluding hydrogens is 298 g/mol. The molecule has 1 atom stereocenters. The molecule has 0 bridgehead atoms. The van der Waals surface area contributed by atoms with E-state index in [0.717, 1.165) is 37.9 Å². The van der Waals surface area contributed by atoms with Gasteiger partial charge in [0.15, 0.2) is 0 Å². The van der Waals surface area contributed by atoms with Gasteiger partial charge < -0.3 is 9.32 Å². The number of fused-ring (bicyclic) bond motifs is 1. The molecule has 1 aromatic carbocycles. The van der Waals surface area contributed by atoms with E-state index in [2.05, 4.69) is 29.2 Å². The van der Waals surface area contributed by atoms with Crippen LogP contribution in [0.5, 0.6) is 0 Å². The number of furan rings is 1. The van der Waals surface area contributed by atoms with Crippen LogP contribution in [-0.2, 0) is 17.8 Å². The molecule has 0 radical (unpaired) electrons. The maximum Gasteiger partial charge on any atom is 0.230 e. The summed E-state index contributed by atoms with van der Waals surface area (Å²) < 4.78 is 5.54. The van der Waals surface area contributed by atoms with E-state index < -0.39 is 0 Å². The van der Waals surface area contributed by atoms with E-state index in [9.17, 15) is 4.79 Å². The van der Waals surface area contributed by atoms with E-state index >= 15 is 0 Å². The summed E-state index contributed by atoms with van der Waals surface area (Å²) in [5.74, 6) is 1.20. The van der Waals surface area contributed by atoms with Crippen molar-refractivity contribution in [3.63, 3.8) is 0 Å². The van der Waals surface area contributed by atoms with E-state index in [1.807, 2.05) is 12.1 Å². The molecule has 0 N–H and O–H groups in total. The lowest BCUT2D eigenvalue weighted by Crippen LogP contribution is -2.41. The Morgan fingerprint density at radius 3 is 2.67 bits per heavy atom. The number of carbonyl (C=O) groups excluding carboxylic acids is 1. The number of hydrogen-bond acceptors (Lipinski definition) is 2. The van der Waals surface area contributed by atoms with Crippen molar-refractivity contribution in [3.05, 3.63) is 59.5 Å². The van der Waals surface area contributed by atoms with Gasteiger partial charge in [0, 0.05) is 6.04 Å². The maximum atomic E-state index is 13.5. The first-order chi connectivity index (χ1) is 11.8. The van der Waals surface area contributed by atoms with Gasteiger partial charge >= 0.3 is 0 Å². The molecule has 1 heterocycles. The summed E-state index contributed by atoms with van der Waals surface area (Å²) in [6, 6.07) is 12.7. The van der Waals surface area contributed by atoms with Gasteiger partial charge in [-0.15, -0.1) is 0 Å². The molecule has 24 heavy (non-hydrogen) atoms. The molecule has 1 saturated carbocycles. The van der Waals surface area contributed by atoms with Gasteiger partial charge in [0.25, 0.3) is 0 Å². The molecule has 0 unspecified atom stereocenters. The van der Waals surface area contributed by atoms with Crippen LogP contribution in [0.3, 0.4) is 0 Å². The van der Waals surface area contributed by atoms with Crippen LogP contribution < -0.4 is 0 Å². The van der Waals surface area contributed by atoms with Crippen molar-refractivity contribution in [2.45, 2.75) is 63.5 Å². The number of amides is 1. The zero-order valence-electron chi connectivity index (χ0n) is 14.1. The highest BCUT2D eigenvalue weighted by Crippen LogP contribution is 2.35. The fraction of sp³-hybridized carbons (Fsp3) is 0.476. The third-order valence-electron chi connectivity index (χ3n) is 5.62. The van der Waals surface area contributed by atoms with Gasteiger partial charge in [0.1, 0.15) is 5.76 Å². The van der Waals surface area contributed by atoms with Crippen LogP contribution in [0.25, 0.3) is 0 Å². The van der Waals surface area contributed by atoms with Gasteiger partial charge in [0.2, 0.25) is 5.91 Å². The Kier molecular flexibility index (Phi) is 4.42. The first kappa shape index (κ1) is 15.5. The van der Waals surface area contributed by atoms with Crippen molar-refractivity contribution >= 4 is 5.91 Å². The fourth-order valence-corrected chi connectivity index (χ4v) is 4.38. The Morgan fingerprint density at radius 1 is 1.04 bits per heavy atom. The number of benzene rings is 1. The quantitative estimate of drug-likeness (QED) is 0.819. The normalized spacial score (nSPS) is 20.8. The van der Waals surface area contributed by atoms with Crippen LogP contribution in [0.15, 0.2) is 47.1 Å². The van der Waals surface area contributed by atoms with Gasteiger partial charge in [-0.2, -0.15) is 0 Å². The summed E-state index contributed by atoms with van der Waals surface area (Å²) in [5.41, 5.74) is 2.60. The highest BCUT2D eigenvalue weighted by atomic mass is 16.3. The van der Waals surface area contributed by atoms with Crippen LogP contribution in [0, 0.1) is 0 Å². The smallest absolute Gasteiger partial charge is 0.230 e. The molecule has 1 fully saturated rings. The van der Waals surface area contributed by atoms with Crippen molar-refractivity contribution in [1.29, 1.82) is 0 Å². The molecule has 1 aromatic heterocycles. The first-order valence-corrected chi connectivity index (χ1v) is 9.23. The number of hydrogen-bond donors (Lipinski definition) is 0. The lowest BCUT2D eigenvalue weighted by molar-refractivity contribution is -0.136. The molecular formula is C21H25NO2. The van der Waals surface area contributed by atoms with Crippen molar-refractivity contribution in [2.24, 2.45) is 0 Å². The number of nitrogens with zero attached hydrogens (tertiary/aromatic N) is 1. The van der Waals surface area contributed by atoms with Crippen LogP contribution >= 0.6 is 0 Å². The second-order valence-corrected chi connectivity index (χ2v) is 7.13. The summed E-state index contributed by atoms with van der Waals surface area (Å²) in [5, 5.41) is 0. The van der Waals surface area contributed by atoms with Crippen LogP contribution in [0.2, 0.25) is 0 Å². The Morgan fingerprint density at radius 2 is 1.88 bits per heavy atom. The lowest BCUT2D eigenvalue weighted by Gasteiger charge is -2.34. The Labute approximate surface area is 143 Å². The molecule has 126 valence electrons. The third-order valence-corrected chi connectivity index (χ3v) is 5.62. The second-order valence-electron chi connectivity index (χ2n) is 7.13. The largest absolute Gasteiger partial charge is 0.467 e. The maximum absolute atomic E-state index is 13.5. The summed E-state index contributed by atoms with van der Waals surface area (Å²) in [4.78, 5) is 15.6. The standard InChI is InChI=1S/C21H25NO2/c23-21(20-13-5-8-16-7-1-4-12-19(16)20)22(17-9-2-3-10-17)15-18-11-6-14-24-18/h1,4,6-7,11-12,14,17,20H,2-3,5,8-10,13,15H2/t20-/m0/s1. The van der Waals surface area contributed by atoms with Crippen molar-refractivity contribution < 1.29 is 9.21 Å². The minimum atomic E-state index is 0.0190. The zero-order chi connectivity index (χ0) is 16.4. The Bertz CT molecular complexity index is 686. The molecule has 3 nitrogen and oxygen atoms in total. The summed E-state index contributed by atoms with van der Waals surface area (Å²) in [6.45, 7) is 0.606. The zero-order valence-corrected chi connectivity index (χ0v) is 14.1. The Hall–Kier alpha value is -2.03. The van der Waals surface area contributed by atoms with E-state index in [1.54, 1.807) is 6.26 Å². The van der Waals surface area contributed by atoms with Crippen LogP contribution in [-0.4, -0.2) is 16.8 Å². The molecule has 2 aromatic rings. The monoisotopic (exact) mass is 323 g/mol. The minimum absolute atomic E-state index is 0.0190. The topological polar surface area (TPSA) is 33.5 Å². The van der Waals surface area contributed by atoms with Gasteiger partial charge in [-0.05, 0) is 55.4 Å². The van der Waals surface area contributed by atoms with E-state index in [4.69, 9.17) is 4.42 Å². The second kappa shape index (κ2) is 6.84. The predicted octanol–water partition coefficient (Wildman–Crippen LogP) is 4.67. The van der Waals surface area contributed by atoms with Gasteiger partial charge in [-0.1, -0.05) is 37.1 Å². The Balaban J connectivity index is 1.61. The summed E-state index contributed by atoms with van der Waals surface area (Å²) >= 11 is 0. The van der Waals surface area contributed by atoms with Crippen molar-refractivity contribution in [2.75, 3.05) is 0 Å². The molecule has 4 rings (SSSR count). The highest BCUT2D eigenvalue weighted by molar-refractivity contribution is 5.84. The highest BCUT2D eigenvalue weighted by Gasteiger charge is 2.34. The van der Waals surface area contributed by atoms with Gasteiger partial charge in [0.05, 0.1) is 18.7 Å². The van der Waals surface area contributed by atoms with Crippen molar-refractivity contribution in [3.8, 4) is 0 Å². The third kappa shape index (κ3) is 3.00. The molecule has 3 heteroatoms. The van der Waals surface area contributed by atoms with Crippen LogP contribution in [0.4, 0.5) is 0 Å². The number of rotatable bonds is 4. The average Bonchev–Trinajstić information content (AvgIpc) is 3.32. The number of carbonyl (C=O) groups is 1. The predicted molar refractivity (Wildman–Crippen MR) is 93.6 cm³/mol. The van der Waals surface area contributed by atoms with Gasteiger partial charge in [-0.25, -0.2) is 0 Å². The lowest BCUT2D eigenvalue weighted by atomic mass is 9.82. The summed E-state index contributed by atoms with van der Waals surface area (Å²) in [6.07, 6.45) is 9.58. The van der Waals surface area contributed by atoms with Crippen molar-refractivity contribution in [1.82, 2.24) is 4.90 Å². The first-order valence-electron chi connectivity index (χ1n) is 9.23. The summed E-state index contributed by atoms with van der Waals surface area (Å²) in [7, 11) is 0. The van der Waals surface area contributed by atoms with Crippen LogP contribution in [0.1, 0.15) is 61.3 Å². The van der Waals surface area contributed by atoms with E-state index in [1.165, 1.54) is 24.0 Å².